The zero-order valence-electron chi connectivity index (χ0n) is 13.1. The van der Waals surface area contributed by atoms with E-state index in [9.17, 15) is 9.90 Å². The second-order valence-electron chi connectivity index (χ2n) is 6.33. The van der Waals surface area contributed by atoms with Crippen LogP contribution in [0.1, 0.15) is 58.3 Å². The van der Waals surface area contributed by atoms with Gasteiger partial charge >= 0.3 is 5.97 Å². The maximum atomic E-state index is 11.6. The van der Waals surface area contributed by atoms with E-state index in [4.69, 9.17) is 9.47 Å². The lowest BCUT2D eigenvalue weighted by Gasteiger charge is -2.30. The molecular weight excluding hydrogens is 270 g/mol. The number of hydrogen-bond donors (Lipinski definition) is 2. The van der Waals surface area contributed by atoms with Crippen LogP contribution >= 0.6 is 0 Å². The van der Waals surface area contributed by atoms with Gasteiger partial charge in [0.05, 0.1) is 12.7 Å². The van der Waals surface area contributed by atoms with E-state index in [-0.39, 0.29) is 6.10 Å². The van der Waals surface area contributed by atoms with Crippen molar-refractivity contribution in [3.05, 3.63) is 0 Å². The lowest BCUT2D eigenvalue weighted by atomic mass is 9.90. The fraction of sp³-hybridized carbons (Fsp3) is 0.938. The average molecular weight is 299 g/mol. The van der Waals surface area contributed by atoms with E-state index in [0.717, 1.165) is 38.7 Å². The van der Waals surface area contributed by atoms with Crippen molar-refractivity contribution in [3.8, 4) is 0 Å². The van der Waals surface area contributed by atoms with Gasteiger partial charge in [-0.25, -0.2) is 0 Å². The Morgan fingerprint density at radius 2 is 2.19 bits per heavy atom. The number of carbonyl (C=O) groups is 1. The summed E-state index contributed by atoms with van der Waals surface area (Å²) in [4.78, 5) is 11.6. The Morgan fingerprint density at radius 3 is 2.76 bits per heavy atom. The van der Waals surface area contributed by atoms with Crippen LogP contribution in [0.5, 0.6) is 0 Å². The van der Waals surface area contributed by atoms with Crippen LogP contribution in [0.25, 0.3) is 0 Å². The summed E-state index contributed by atoms with van der Waals surface area (Å²) in [5.41, 5.74) is -0.772. The molecular formula is C16H29NO4. The van der Waals surface area contributed by atoms with Crippen LogP contribution in [0.2, 0.25) is 0 Å². The molecule has 5 nitrogen and oxygen atoms in total. The van der Waals surface area contributed by atoms with Gasteiger partial charge in [-0.3, -0.25) is 10.1 Å². The molecule has 0 spiro atoms. The summed E-state index contributed by atoms with van der Waals surface area (Å²) in [5.74, 6) is -0.729. The Kier molecular flexibility index (Phi) is 6.45. The number of carboxylic acid groups (broad SMARTS) is 1. The van der Waals surface area contributed by atoms with Crippen LogP contribution in [0.4, 0.5) is 0 Å². The molecule has 1 saturated carbocycles. The lowest BCUT2D eigenvalue weighted by molar-refractivity contribution is -0.145. The number of ether oxygens (including phenoxy) is 2. The second kappa shape index (κ2) is 8.11. The van der Waals surface area contributed by atoms with Gasteiger partial charge in [-0.1, -0.05) is 6.92 Å². The minimum atomic E-state index is -0.772. The Balaban J connectivity index is 1.65. The lowest BCUT2D eigenvalue weighted by Crippen LogP contribution is -2.52. The molecule has 2 aliphatic rings. The number of nitrogens with one attached hydrogen (secondary N) is 1. The average Bonchev–Trinajstić information content (AvgIpc) is 3.30. The van der Waals surface area contributed by atoms with Crippen LogP contribution in [0, 0.1) is 0 Å². The zero-order chi connectivity index (χ0) is 15.1. The molecule has 0 bridgehead atoms. The molecule has 0 amide bonds. The van der Waals surface area contributed by atoms with Crippen molar-refractivity contribution in [3.63, 3.8) is 0 Å². The van der Waals surface area contributed by atoms with Crippen molar-refractivity contribution in [2.45, 2.75) is 76.0 Å². The Bertz CT molecular complexity index is 326. The summed E-state index contributed by atoms with van der Waals surface area (Å²) in [7, 11) is 0. The standard InChI is InChI=1S/C16H29NO4/c1-2-16(15(18)19,17-13-7-8-13)9-5-10-20-12-14-6-3-4-11-21-14/h13-14,17H,2-12H2,1H3,(H,18,19). The summed E-state index contributed by atoms with van der Waals surface area (Å²) in [6.07, 6.45) is 7.90. The third-order valence-corrected chi connectivity index (χ3v) is 4.54. The molecule has 0 radical (unpaired) electrons. The Hall–Kier alpha value is -0.650. The van der Waals surface area contributed by atoms with Crippen molar-refractivity contribution in [2.75, 3.05) is 19.8 Å². The van der Waals surface area contributed by atoms with Gasteiger partial charge in [0.15, 0.2) is 0 Å². The number of hydrogen-bond acceptors (Lipinski definition) is 4. The van der Waals surface area contributed by atoms with Crippen molar-refractivity contribution >= 4 is 5.97 Å². The van der Waals surface area contributed by atoms with Gasteiger partial charge in [0.2, 0.25) is 0 Å². The van der Waals surface area contributed by atoms with Crippen LogP contribution in [0.3, 0.4) is 0 Å². The van der Waals surface area contributed by atoms with E-state index in [1.165, 1.54) is 6.42 Å². The molecule has 1 aliphatic carbocycles. The number of carboxylic acids is 1. The molecule has 5 heteroatoms. The maximum absolute atomic E-state index is 11.6. The first-order chi connectivity index (χ1) is 10.2. The quantitative estimate of drug-likeness (QED) is 0.606. The minimum absolute atomic E-state index is 0.235. The molecule has 2 fully saturated rings. The van der Waals surface area contributed by atoms with Crippen LogP contribution < -0.4 is 5.32 Å². The van der Waals surface area contributed by atoms with Gasteiger partial charge in [0, 0.05) is 19.3 Å². The molecule has 122 valence electrons. The Labute approximate surface area is 127 Å². The normalized spacial score (nSPS) is 25.5. The fourth-order valence-electron chi connectivity index (χ4n) is 2.92. The second-order valence-corrected chi connectivity index (χ2v) is 6.33. The van der Waals surface area contributed by atoms with Crippen molar-refractivity contribution in [1.82, 2.24) is 5.32 Å². The smallest absolute Gasteiger partial charge is 0.323 e. The number of aliphatic carboxylic acids is 1. The molecule has 0 aromatic rings. The fourth-order valence-corrected chi connectivity index (χ4v) is 2.92. The largest absolute Gasteiger partial charge is 0.480 e. The first-order valence-electron chi connectivity index (χ1n) is 8.37. The van der Waals surface area contributed by atoms with Gasteiger partial charge in [-0.15, -0.1) is 0 Å². The molecule has 0 aromatic heterocycles. The van der Waals surface area contributed by atoms with Crippen LogP contribution in [0.15, 0.2) is 0 Å². The molecule has 1 aliphatic heterocycles. The van der Waals surface area contributed by atoms with E-state index >= 15 is 0 Å². The Morgan fingerprint density at radius 1 is 1.38 bits per heavy atom. The molecule has 1 saturated heterocycles. The highest BCUT2D eigenvalue weighted by Gasteiger charge is 2.40. The third kappa shape index (κ3) is 5.24. The van der Waals surface area contributed by atoms with E-state index in [1.54, 1.807) is 0 Å². The minimum Gasteiger partial charge on any atom is -0.480 e. The summed E-state index contributed by atoms with van der Waals surface area (Å²) in [5, 5.41) is 12.9. The predicted molar refractivity (Wildman–Crippen MR) is 80.5 cm³/mol. The third-order valence-electron chi connectivity index (χ3n) is 4.54. The highest BCUT2D eigenvalue weighted by Crippen LogP contribution is 2.27. The van der Waals surface area contributed by atoms with Crippen molar-refractivity contribution < 1.29 is 19.4 Å². The molecule has 21 heavy (non-hydrogen) atoms. The van der Waals surface area contributed by atoms with Crippen molar-refractivity contribution in [2.24, 2.45) is 0 Å². The first kappa shape index (κ1) is 16.7. The SMILES string of the molecule is CCC(CCCOCC1CCCCO1)(NC1CC1)C(=O)O. The number of rotatable bonds is 10. The molecule has 1 heterocycles. The van der Waals surface area contributed by atoms with Gasteiger partial charge in [-0.2, -0.15) is 0 Å². The van der Waals surface area contributed by atoms with Crippen LogP contribution in [-0.4, -0.2) is 48.6 Å². The van der Waals surface area contributed by atoms with Gasteiger partial charge in [0.1, 0.15) is 5.54 Å². The van der Waals surface area contributed by atoms with Gasteiger partial charge in [-0.05, 0) is 51.4 Å². The van der Waals surface area contributed by atoms with Gasteiger partial charge < -0.3 is 14.6 Å². The van der Waals surface area contributed by atoms with E-state index < -0.39 is 11.5 Å². The molecule has 0 aromatic carbocycles. The van der Waals surface area contributed by atoms with Crippen molar-refractivity contribution in [1.29, 1.82) is 0 Å². The zero-order valence-corrected chi connectivity index (χ0v) is 13.1. The molecule has 2 rings (SSSR count). The van der Waals surface area contributed by atoms with E-state index in [0.29, 0.717) is 32.1 Å². The van der Waals surface area contributed by atoms with Crippen LogP contribution in [-0.2, 0) is 14.3 Å². The maximum Gasteiger partial charge on any atom is 0.323 e. The monoisotopic (exact) mass is 299 g/mol. The van der Waals surface area contributed by atoms with E-state index in [1.807, 2.05) is 6.92 Å². The van der Waals surface area contributed by atoms with E-state index in [2.05, 4.69) is 5.32 Å². The summed E-state index contributed by atoms with van der Waals surface area (Å²) < 4.78 is 11.3. The highest BCUT2D eigenvalue weighted by atomic mass is 16.5. The summed E-state index contributed by atoms with van der Waals surface area (Å²) in [6, 6.07) is 0.401. The molecule has 2 N–H and O–H groups in total. The predicted octanol–water partition coefficient (Wildman–Crippen LogP) is 2.34. The first-order valence-corrected chi connectivity index (χ1v) is 8.37. The summed E-state index contributed by atoms with van der Waals surface area (Å²) >= 11 is 0. The summed E-state index contributed by atoms with van der Waals surface area (Å²) in [6.45, 7) is 4.04. The highest BCUT2D eigenvalue weighted by molar-refractivity contribution is 5.78. The van der Waals surface area contributed by atoms with Gasteiger partial charge in [0.25, 0.3) is 0 Å². The molecule has 2 unspecified atom stereocenters. The molecule has 2 atom stereocenters. The topological polar surface area (TPSA) is 67.8 Å².